The van der Waals surface area contributed by atoms with Crippen LogP contribution >= 0.6 is 11.3 Å². The van der Waals surface area contributed by atoms with Gasteiger partial charge in [0.2, 0.25) is 15.9 Å². The van der Waals surface area contributed by atoms with E-state index in [1.54, 1.807) is 41.9 Å². The maximum atomic E-state index is 13.0. The van der Waals surface area contributed by atoms with Crippen LogP contribution in [0.15, 0.2) is 36.4 Å². The highest BCUT2D eigenvalue weighted by molar-refractivity contribution is 7.92. The van der Waals surface area contributed by atoms with Gasteiger partial charge in [0, 0.05) is 15.4 Å². The maximum Gasteiger partial charge on any atom is 0.245 e. The van der Waals surface area contributed by atoms with Crippen LogP contribution in [0.25, 0.3) is 10.4 Å². The Bertz CT molecular complexity index is 1110. The van der Waals surface area contributed by atoms with E-state index in [1.807, 2.05) is 0 Å². The molecule has 3 N–H and O–H groups in total. The summed E-state index contributed by atoms with van der Waals surface area (Å²) >= 11 is 1.29. The smallest absolute Gasteiger partial charge is 0.245 e. The molecule has 0 spiro atoms. The van der Waals surface area contributed by atoms with Crippen LogP contribution in [0.4, 0.5) is 5.69 Å². The summed E-state index contributed by atoms with van der Waals surface area (Å²) in [7, 11) is -6.95. The van der Waals surface area contributed by atoms with Crippen molar-refractivity contribution in [3.63, 3.8) is 0 Å². The normalized spacial score (nSPS) is 21.4. The molecule has 0 saturated carbocycles. The molecule has 1 aromatic carbocycles. The first-order valence-electron chi connectivity index (χ1n) is 8.90. The standard InChI is InChI=1S/C18H22N2O6S3/c1-28(23,24)20-14-6-4-13(5-7-14)15-8-9-16(27-15)18(12-17(21)19-22)10-2-3-11-29(18,25)26/h4-9,20,22H,2-3,10-12H2,1H3,(H,19,21)/t18-/m0/s1. The van der Waals surface area contributed by atoms with Crippen LogP contribution < -0.4 is 10.2 Å². The van der Waals surface area contributed by atoms with Crippen molar-refractivity contribution >= 4 is 42.8 Å². The van der Waals surface area contributed by atoms with Crippen LogP contribution in [0.3, 0.4) is 0 Å². The van der Waals surface area contributed by atoms with Crippen LogP contribution in [-0.4, -0.2) is 40.0 Å². The van der Waals surface area contributed by atoms with Gasteiger partial charge in [0.15, 0.2) is 9.84 Å². The minimum atomic E-state index is -3.58. The number of hydrogen-bond acceptors (Lipinski definition) is 7. The molecule has 8 nitrogen and oxygen atoms in total. The van der Waals surface area contributed by atoms with E-state index in [9.17, 15) is 21.6 Å². The first-order chi connectivity index (χ1) is 13.6. The molecular formula is C18H22N2O6S3. The Morgan fingerprint density at radius 3 is 2.45 bits per heavy atom. The Kier molecular flexibility index (Phi) is 6.04. The predicted octanol–water partition coefficient (Wildman–Crippen LogP) is 2.48. The number of sulfone groups is 1. The summed E-state index contributed by atoms with van der Waals surface area (Å²) < 4.78 is 49.6. The van der Waals surface area contributed by atoms with Crippen molar-refractivity contribution in [1.29, 1.82) is 0 Å². The lowest BCUT2D eigenvalue weighted by molar-refractivity contribution is -0.130. The Hall–Kier alpha value is -1.95. The summed E-state index contributed by atoms with van der Waals surface area (Å²) in [4.78, 5) is 13.3. The third kappa shape index (κ3) is 4.63. The van der Waals surface area contributed by atoms with Gasteiger partial charge >= 0.3 is 0 Å². The van der Waals surface area contributed by atoms with Crippen molar-refractivity contribution in [3.8, 4) is 10.4 Å². The molecule has 2 aromatic rings. The molecule has 1 atom stereocenters. The lowest BCUT2D eigenvalue weighted by Gasteiger charge is -2.35. The Labute approximate surface area is 173 Å². The van der Waals surface area contributed by atoms with E-state index in [0.29, 0.717) is 29.8 Å². The number of carbonyl (C=O) groups excluding carboxylic acids is 1. The molecule has 29 heavy (non-hydrogen) atoms. The number of hydroxylamine groups is 1. The van der Waals surface area contributed by atoms with Gasteiger partial charge in [-0.3, -0.25) is 14.7 Å². The Balaban J connectivity index is 1.96. The molecule has 0 bridgehead atoms. The first kappa shape index (κ1) is 21.8. The van der Waals surface area contributed by atoms with Gasteiger partial charge in [0.1, 0.15) is 4.75 Å². The summed E-state index contributed by atoms with van der Waals surface area (Å²) in [5.41, 5.74) is 2.78. The second-order valence-corrected chi connectivity index (χ2v) is 12.3. The molecule has 3 rings (SSSR count). The van der Waals surface area contributed by atoms with Crippen LogP contribution in [-0.2, 0) is 29.4 Å². The van der Waals surface area contributed by atoms with Gasteiger partial charge in [0.05, 0.1) is 18.4 Å². The first-order valence-corrected chi connectivity index (χ1v) is 13.3. The molecule has 1 aliphatic heterocycles. The van der Waals surface area contributed by atoms with E-state index in [2.05, 4.69) is 4.72 Å². The average Bonchev–Trinajstić information content (AvgIpc) is 3.13. The fourth-order valence-electron chi connectivity index (χ4n) is 3.57. The number of benzene rings is 1. The van der Waals surface area contributed by atoms with Crippen molar-refractivity contribution < 1.29 is 26.8 Å². The van der Waals surface area contributed by atoms with Crippen LogP contribution in [0.1, 0.15) is 30.6 Å². The topological polar surface area (TPSA) is 130 Å². The third-order valence-corrected chi connectivity index (χ3v) is 9.60. The summed E-state index contributed by atoms with van der Waals surface area (Å²) in [5.74, 6) is -0.730. The lowest BCUT2D eigenvalue weighted by Crippen LogP contribution is -2.43. The van der Waals surface area contributed by atoms with Crippen LogP contribution in [0.2, 0.25) is 0 Å². The minimum absolute atomic E-state index is 0.00476. The van der Waals surface area contributed by atoms with E-state index >= 15 is 0 Å². The number of carbonyl (C=O) groups is 1. The zero-order valence-electron chi connectivity index (χ0n) is 15.7. The highest BCUT2D eigenvalue weighted by Crippen LogP contribution is 2.47. The van der Waals surface area contributed by atoms with Gasteiger partial charge in [-0.05, 0) is 42.7 Å². The second kappa shape index (κ2) is 8.05. The maximum absolute atomic E-state index is 13.0. The van der Waals surface area contributed by atoms with Crippen molar-refractivity contribution in [1.82, 2.24) is 5.48 Å². The number of sulfonamides is 1. The zero-order chi connectivity index (χ0) is 21.3. The third-order valence-electron chi connectivity index (χ3n) is 4.94. The zero-order valence-corrected chi connectivity index (χ0v) is 18.2. The number of nitrogens with one attached hydrogen (secondary N) is 2. The molecule has 0 radical (unpaired) electrons. The van der Waals surface area contributed by atoms with Crippen molar-refractivity contribution in [2.45, 2.75) is 30.4 Å². The van der Waals surface area contributed by atoms with Gasteiger partial charge in [-0.15, -0.1) is 11.3 Å². The van der Waals surface area contributed by atoms with Gasteiger partial charge in [0.25, 0.3) is 0 Å². The second-order valence-electron chi connectivity index (χ2n) is 7.10. The molecule has 1 aliphatic rings. The Morgan fingerprint density at radius 2 is 1.86 bits per heavy atom. The summed E-state index contributed by atoms with van der Waals surface area (Å²) in [6.45, 7) is 0. The molecule has 0 aliphatic carbocycles. The number of rotatable bonds is 6. The lowest BCUT2D eigenvalue weighted by atomic mass is 9.94. The highest BCUT2D eigenvalue weighted by Gasteiger charge is 2.49. The molecule has 11 heteroatoms. The summed E-state index contributed by atoms with van der Waals surface area (Å²) in [5, 5.41) is 8.95. The monoisotopic (exact) mass is 458 g/mol. The SMILES string of the molecule is CS(=O)(=O)Nc1ccc(-c2ccc([C@@]3(CC(=O)NO)CCCCS3(=O)=O)s2)cc1. The van der Waals surface area contributed by atoms with Crippen LogP contribution in [0, 0.1) is 0 Å². The summed E-state index contributed by atoms with van der Waals surface area (Å²) in [6, 6.07) is 10.2. The average molecular weight is 459 g/mol. The number of anilines is 1. The van der Waals surface area contributed by atoms with Gasteiger partial charge < -0.3 is 0 Å². The van der Waals surface area contributed by atoms with Crippen LogP contribution in [0.5, 0.6) is 0 Å². The van der Waals surface area contributed by atoms with Gasteiger partial charge in [-0.2, -0.15) is 0 Å². The molecule has 1 saturated heterocycles. The minimum Gasteiger partial charge on any atom is -0.289 e. The van der Waals surface area contributed by atoms with E-state index in [0.717, 1.165) is 16.7 Å². The fourth-order valence-corrected chi connectivity index (χ4v) is 7.92. The molecule has 1 aromatic heterocycles. The molecule has 158 valence electrons. The van der Waals surface area contributed by atoms with E-state index < -0.39 is 30.5 Å². The molecule has 0 unspecified atom stereocenters. The van der Waals surface area contributed by atoms with E-state index in [-0.39, 0.29) is 12.2 Å². The molecular weight excluding hydrogens is 436 g/mol. The largest absolute Gasteiger partial charge is 0.289 e. The van der Waals surface area contributed by atoms with Crippen molar-refractivity contribution in [2.75, 3.05) is 16.7 Å². The molecule has 1 fully saturated rings. The molecule has 2 heterocycles. The van der Waals surface area contributed by atoms with Gasteiger partial charge in [-0.25, -0.2) is 22.3 Å². The number of thiophene rings is 1. The quantitative estimate of drug-likeness (QED) is 0.450. The number of hydrogen-bond donors (Lipinski definition) is 3. The number of amides is 1. The van der Waals surface area contributed by atoms with Crippen molar-refractivity contribution in [2.24, 2.45) is 0 Å². The summed E-state index contributed by atoms with van der Waals surface area (Å²) in [6.07, 6.45) is 2.29. The molecule has 1 amide bonds. The highest BCUT2D eigenvalue weighted by atomic mass is 32.2. The fraction of sp³-hybridized carbons (Fsp3) is 0.389. The Morgan fingerprint density at radius 1 is 1.17 bits per heavy atom. The predicted molar refractivity (Wildman–Crippen MR) is 112 cm³/mol. The van der Waals surface area contributed by atoms with Crippen molar-refractivity contribution in [3.05, 3.63) is 41.3 Å². The van der Waals surface area contributed by atoms with Gasteiger partial charge in [-0.1, -0.05) is 18.6 Å². The van der Waals surface area contributed by atoms with E-state index in [4.69, 9.17) is 5.21 Å². The van der Waals surface area contributed by atoms with E-state index in [1.165, 1.54) is 11.3 Å².